The first kappa shape index (κ1) is 12.3. The summed E-state index contributed by atoms with van der Waals surface area (Å²) >= 11 is 0. The van der Waals surface area contributed by atoms with Gasteiger partial charge in [-0.1, -0.05) is 43.0 Å². The summed E-state index contributed by atoms with van der Waals surface area (Å²) in [6, 6.07) is 13.4. The Hall–Kier alpha value is -2.13. The molecule has 0 aromatic heterocycles. The molecule has 2 rings (SSSR count). The third-order valence-electron chi connectivity index (χ3n) is 2.68. The average Bonchev–Trinajstić information content (AvgIpc) is 2.43. The summed E-state index contributed by atoms with van der Waals surface area (Å²) in [6.07, 6.45) is -0.0709. The molecule has 1 N–H and O–H groups in total. The normalized spacial score (nSPS) is 12.1. The fourth-order valence-corrected chi connectivity index (χ4v) is 1.71. The van der Waals surface area contributed by atoms with Crippen LogP contribution in [0.15, 0.2) is 55.1 Å². The maximum Gasteiger partial charge on any atom is 0.187 e. The number of fused-ring (bicyclic) bond motifs is 1. The summed E-state index contributed by atoms with van der Waals surface area (Å²) in [7, 11) is 0. The van der Waals surface area contributed by atoms with Crippen LogP contribution in [0.3, 0.4) is 0 Å². The van der Waals surface area contributed by atoms with Crippen molar-refractivity contribution in [1.82, 2.24) is 0 Å². The number of aliphatic hydroxyl groups is 1. The lowest BCUT2D eigenvalue weighted by Gasteiger charge is -2.11. The standard InChI is InChI=1S/C15H14O3/c1-2-13(16)14(17)10-18-15-9-5-7-11-6-3-4-8-12(11)15/h2-9,14,17H,1,10H2. The number of hydrogen-bond donors (Lipinski definition) is 1. The highest BCUT2D eigenvalue weighted by Gasteiger charge is 2.12. The molecule has 3 nitrogen and oxygen atoms in total. The number of ketones is 1. The molecule has 1 atom stereocenters. The van der Waals surface area contributed by atoms with Gasteiger partial charge in [0.25, 0.3) is 0 Å². The SMILES string of the molecule is C=CC(=O)C(O)COc1cccc2ccccc12. The Labute approximate surface area is 105 Å². The smallest absolute Gasteiger partial charge is 0.187 e. The minimum Gasteiger partial charge on any atom is -0.490 e. The van der Waals surface area contributed by atoms with Gasteiger partial charge in [-0.3, -0.25) is 4.79 Å². The molecule has 0 bridgehead atoms. The first-order valence-electron chi connectivity index (χ1n) is 5.67. The van der Waals surface area contributed by atoms with E-state index in [-0.39, 0.29) is 6.61 Å². The van der Waals surface area contributed by atoms with Gasteiger partial charge in [-0.2, -0.15) is 0 Å². The van der Waals surface area contributed by atoms with Crippen LogP contribution in [0.1, 0.15) is 0 Å². The molecule has 2 aromatic carbocycles. The van der Waals surface area contributed by atoms with Gasteiger partial charge in [0, 0.05) is 5.39 Å². The first-order chi connectivity index (χ1) is 8.72. The molecule has 0 fully saturated rings. The first-order valence-corrected chi connectivity index (χ1v) is 5.67. The minimum atomic E-state index is -1.17. The second-order valence-corrected chi connectivity index (χ2v) is 3.91. The van der Waals surface area contributed by atoms with Crippen molar-refractivity contribution in [2.75, 3.05) is 6.61 Å². The number of benzene rings is 2. The maximum absolute atomic E-state index is 11.1. The van der Waals surface area contributed by atoms with Crippen LogP contribution in [0.2, 0.25) is 0 Å². The number of aliphatic hydroxyl groups excluding tert-OH is 1. The minimum absolute atomic E-state index is 0.0706. The van der Waals surface area contributed by atoms with Crippen LogP contribution in [0.4, 0.5) is 0 Å². The molecule has 92 valence electrons. The molecule has 18 heavy (non-hydrogen) atoms. The van der Waals surface area contributed by atoms with E-state index in [9.17, 15) is 9.90 Å². The van der Waals surface area contributed by atoms with E-state index < -0.39 is 11.9 Å². The number of hydrogen-bond acceptors (Lipinski definition) is 3. The molecule has 3 heteroatoms. The monoisotopic (exact) mass is 242 g/mol. The maximum atomic E-state index is 11.1. The zero-order valence-corrected chi connectivity index (χ0v) is 9.87. The molecule has 0 saturated heterocycles. The third-order valence-corrected chi connectivity index (χ3v) is 2.68. The average molecular weight is 242 g/mol. The Morgan fingerprint density at radius 3 is 2.78 bits per heavy atom. The molecule has 0 aliphatic rings. The zero-order chi connectivity index (χ0) is 13.0. The van der Waals surface area contributed by atoms with E-state index in [1.807, 2.05) is 42.5 Å². The van der Waals surface area contributed by atoms with Crippen molar-refractivity contribution < 1.29 is 14.6 Å². The molecular weight excluding hydrogens is 228 g/mol. The Bertz CT molecular complexity index is 569. The molecule has 0 aliphatic heterocycles. The molecule has 0 radical (unpaired) electrons. The summed E-state index contributed by atoms with van der Waals surface area (Å²) in [5, 5.41) is 11.5. The van der Waals surface area contributed by atoms with E-state index in [4.69, 9.17) is 4.74 Å². The van der Waals surface area contributed by atoms with Crippen LogP contribution >= 0.6 is 0 Å². The molecule has 0 amide bonds. The predicted octanol–water partition coefficient (Wildman–Crippen LogP) is 2.33. The molecule has 1 unspecified atom stereocenters. The van der Waals surface area contributed by atoms with Crippen LogP contribution < -0.4 is 4.74 Å². The molecule has 0 spiro atoms. The van der Waals surface area contributed by atoms with E-state index in [1.54, 1.807) is 0 Å². The number of carbonyl (C=O) groups is 1. The molecular formula is C15H14O3. The number of ether oxygens (including phenoxy) is 1. The van der Waals surface area contributed by atoms with Gasteiger partial charge in [0.15, 0.2) is 11.9 Å². The summed E-state index contributed by atoms with van der Waals surface area (Å²) in [5.41, 5.74) is 0. The van der Waals surface area contributed by atoms with Crippen LogP contribution in [0.25, 0.3) is 10.8 Å². The second-order valence-electron chi connectivity index (χ2n) is 3.91. The summed E-state index contributed by atoms with van der Waals surface area (Å²) in [6.45, 7) is 3.25. The van der Waals surface area contributed by atoms with E-state index in [2.05, 4.69) is 6.58 Å². The van der Waals surface area contributed by atoms with Gasteiger partial charge in [-0.15, -0.1) is 0 Å². The highest BCUT2D eigenvalue weighted by atomic mass is 16.5. The topological polar surface area (TPSA) is 46.5 Å². The molecule has 2 aromatic rings. The van der Waals surface area contributed by atoms with E-state index >= 15 is 0 Å². The van der Waals surface area contributed by atoms with E-state index in [1.165, 1.54) is 0 Å². The highest BCUT2D eigenvalue weighted by molar-refractivity contribution is 5.93. The van der Waals surface area contributed by atoms with Crippen LogP contribution in [0, 0.1) is 0 Å². The van der Waals surface area contributed by atoms with Crippen molar-refractivity contribution in [2.45, 2.75) is 6.10 Å². The number of rotatable bonds is 5. The van der Waals surface area contributed by atoms with Gasteiger partial charge < -0.3 is 9.84 Å². The zero-order valence-electron chi connectivity index (χ0n) is 9.87. The molecule has 0 aliphatic carbocycles. The molecule has 0 saturated carbocycles. The summed E-state index contributed by atoms with van der Waals surface area (Å²) < 4.78 is 5.49. The van der Waals surface area contributed by atoms with E-state index in [0.29, 0.717) is 5.75 Å². The van der Waals surface area contributed by atoms with Crippen LogP contribution in [-0.4, -0.2) is 23.6 Å². The second kappa shape index (κ2) is 5.47. The Morgan fingerprint density at radius 2 is 2.00 bits per heavy atom. The Kier molecular flexibility index (Phi) is 3.75. The third kappa shape index (κ3) is 2.57. The lowest BCUT2D eigenvalue weighted by Crippen LogP contribution is -2.25. The van der Waals surface area contributed by atoms with Gasteiger partial charge >= 0.3 is 0 Å². The van der Waals surface area contributed by atoms with Gasteiger partial charge in [0.2, 0.25) is 0 Å². The van der Waals surface area contributed by atoms with Gasteiger partial charge in [-0.05, 0) is 17.5 Å². The number of carbonyl (C=O) groups excluding carboxylic acids is 1. The van der Waals surface area contributed by atoms with Crippen molar-refractivity contribution >= 4 is 16.6 Å². The summed E-state index contributed by atoms with van der Waals surface area (Å²) in [4.78, 5) is 11.1. The van der Waals surface area contributed by atoms with Gasteiger partial charge in [0.1, 0.15) is 12.4 Å². The van der Waals surface area contributed by atoms with Crippen LogP contribution in [-0.2, 0) is 4.79 Å². The van der Waals surface area contributed by atoms with Gasteiger partial charge in [0.05, 0.1) is 0 Å². The van der Waals surface area contributed by atoms with E-state index in [0.717, 1.165) is 16.8 Å². The van der Waals surface area contributed by atoms with Crippen molar-refractivity contribution in [2.24, 2.45) is 0 Å². The highest BCUT2D eigenvalue weighted by Crippen LogP contribution is 2.25. The van der Waals surface area contributed by atoms with Crippen molar-refractivity contribution in [3.63, 3.8) is 0 Å². The Balaban J connectivity index is 2.17. The van der Waals surface area contributed by atoms with Crippen molar-refractivity contribution in [3.8, 4) is 5.75 Å². The van der Waals surface area contributed by atoms with Crippen molar-refractivity contribution in [1.29, 1.82) is 0 Å². The molecule has 0 heterocycles. The van der Waals surface area contributed by atoms with Crippen LogP contribution in [0.5, 0.6) is 5.75 Å². The summed E-state index contributed by atoms with van der Waals surface area (Å²) in [5.74, 6) is 0.222. The fraction of sp³-hybridized carbons (Fsp3) is 0.133. The fourth-order valence-electron chi connectivity index (χ4n) is 1.71. The largest absolute Gasteiger partial charge is 0.490 e. The predicted molar refractivity (Wildman–Crippen MR) is 70.7 cm³/mol. The Morgan fingerprint density at radius 1 is 1.28 bits per heavy atom. The van der Waals surface area contributed by atoms with Gasteiger partial charge in [-0.25, -0.2) is 0 Å². The quantitative estimate of drug-likeness (QED) is 0.818. The lowest BCUT2D eigenvalue weighted by molar-refractivity contribution is -0.123. The lowest BCUT2D eigenvalue weighted by atomic mass is 10.1. The van der Waals surface area contributed by atoms with Crippen molar-refractivity contribution in [3.05, 3.63) is 55.1 Å².